The summed E-state index contributed by atoms with van der Waals surface area (Å²) < 4.78 is 9.82. The summed E-state index contributed by atoms with van der Waals surface area (Å²) in [5.74, 6) is -0.258. The molecule has 0 aromatic carbocycles. The highest BCUT2D eigenvalue weighted by atomic mass is 16.5. The lowest BCUT2D eigenvalue weighted by Crippen LogP contribution is -2.37. The molecule has 0 radical (unpaired) electrons. The van der Waals surface area contributed by atoms with Crippen molar-refractivity contribution in [3.05, 3.63) is 11.6 Å². The number of carbonyl (C=O) groups excluding carboxylic acids is 1. The summed E-state index contributed by atoms with van der Waals surface area (Å²) in [4.78, 5) is 13.7. The van der Waals surface area contributed by atoms with Gasteiger partial charge in [0.05, 0.1) is 13.7 Å². The van der Waals surface area contributed by atoms with E-state index in [1.54, 1.807) is 14.0 Å². The van der Waals surface area contributed by atoms with Crippen molar-refractivity contribution < 1.29 is 14.3 Å². The van der Waals surface area contributed by atoms with Crippen molar-refractivity contribution in [3.8, 4) is 0 Å². The highest BCUT2D eigenvalue weighted by Crippen LogP contribution is 2.09. The highest BCUT2D eigenvalue weighted by molar-refractivity contribution is 5.87. The second-order valence-corrected chi connectivity index (χ2v) is 4.34. The molecule has 0 fully saturated rings. The number of nitrogens with zero attached hydrogens (tertiary/aromatic N) is 1. The first-order valence-corrected chi connectivity index (χ1v) is 6.58. The van der Waals surface area contributed by atoms with Gasteiger partial charge in [0.1, 0.15) is 0 Å². The number of carbonyl (C=O) groups is 1. The molecule has 106 valence electrons. The minimum Gasteiger partial charge on any atom is -0.466 e. The number of ether oxygens (including phenoxy) is 2. The van der Waals surface area contributed by atoms with Gasteiger partial charge in [0.25, 0.3) is 0 Å². The number of methoxy groups -OCH3 is 2. The van der Waals surface area contributed by atoms with Crippen molar-refractivity contribution in [2.45, 2.75) is 39.7 Å². The van der Waals surface area contributed by atoms with Gasteiger partial charge in [0.2, 0.25) is 0 Å². The van der Waals surface area contributed by atoms with Gasteiger partial charge in [-0.2, -0.15) is 0 Å². The van der Waals surface area contributed by atoms with Gasteiger partial charge in [0, 0.05) is 31.8 Å². The lowest BCUT2D eigenvalue weighted by Gasteiger charge is -2.29. The summed E-state index contributed by atoms with van der Waals surface area (Å²) >= 11 is 0. The van der Waals surface area contributed by atoms with Gasteiger partial charge in [-0.25, -0.2) is 4.79 Å². The van der Waals surface area contributed by atoms with E-state index in [9.17, 15) is 4.79 Å². The summed E-state index contributed by atoms with van der Waals surface area (Å²) in [5.41, 5.74) is 0.658. The summed E-state index contributed by atoms with van der Waals surface area (Å²) in [5, 5.41) is 0. The van der Waals surface area contributed by atoms with Crippen LogP contribution in [0.3, 0.4) is 0 Å². The van der Waals surface area contributed by atoms with E-state index in [4.69, 9.17) is 4.74 Å². The monoisotopic (exact) mass is 257 g/mol. The van der Waals surface area contributed by atoms with Crippen LogP contribution in [0.15, 0.2) is 11.6 Å². The molecule has 0 N–H and O–H groups in total. The van der Waals surface area contributed by atoms with Crippen molar-refractivity contribution in [1.82, 2.24) is 4.90 Å². The van der Waals surface area contributed by atoms with Crippen LogP contribution in [0, 0.1) is 0 Å². The molecule has 0 unspecified atom stereocenters. The van der Waals surface area contributed by atoms with Crippen molar-refractivity contribution in [2.24, 2.45) is 0 Å². The second-order valence-electron chi connectivity index (χ2n) is 4.34. The molecule has 0 aliphatic heterocycles. The van der Waals surface area contributed by atoms with Gasteiger partial charge in [0.15, 0.2) is 0 Å². The van der Waals surface area contributed by atoms with Crippen LogP contribution < -0.4 is 0 Å². The SMILES string of the molecule is CCC(CC)N(CC=C(C)C(=O)OC)CCOC. The van der Waals surface area contributed by atoms with Crippen LogP contribution in [0.1, 0.15) is 33.6 Å². The van der Waals surface area contributed by atoms with E-state index in [0.717, 1.165) is 25.9 Å². The van der Waals surface area contributed by atoms with Gasteiger partial charge >= 0.3 is 5.97 Å². The highest BCUT2D eigenvalue weighted by Gasteiger charge is 2.14. The normalized spacial score (nSPS) is 12.3. The Bertz CT molecular complexity index is 260. The Hall–Kier alpha value is -0.870. The number of esters is 1. The standard InChI is InChI=1S/C14H27NO3/c1-6-13(7-2)15(10-11-17-4)9-8-12(3)14(16)18-5/h8,13H,6-7,9-11H2,1-5H3. The largest absolute Gasteiger partial charge is 0.466 e. The molecule has 0 spiro atoms. The summed E-state index contributed by atoms with van der Waals surface area (Å²) in [6, 6.07) is 0.529. The third-order valence-corrected chi connectivity index (χ3v) is 3.18. The Balaban J connectivity index is 4.52. The first kappa shape index (κ1) is 17.1. The lowest BCUT2D eigenvalue weighted by atomic mass is 10.1. The minimum atomic E-state index is -0.258. The van der Waals surface area contributed by atoms with E-state index in [0.29, 0.717) is 18.2 Å². The van der Waals surface area contributed by atoms with Gasteiger partial charge < -0.3 is 9.47 Å². The molecule has 4 nitrogen and oxygen atoms in total. The van der Waals surface area contributed by atoms with E-state index >= 15 is 0 Å². The third kappa shape index (κ3) is 6.17. The third-order valence-electron chi connectivity index (χ3n) is 3.18. The van der Waals surface area contributed by atoms with E-state index in [1.165, 1.54) is 7.11 Å². The molecule has 4 heteroatoms. The maximum atomic E-state index is 11.3. The average molecular weight is 257 g/mol. The maximum absolute atomic E-state index is 11.3. The Kier molecular flexibility index (Phi) is 9.60. The van der Waals surface area contributed by atoms with Gasteiger partial charge in [-0.05, 0) is 19.8 Å². The fourth-order valence-electron chi connectivity index (χ4n) is 1.94. The van der Waals surface area contributed by atoms with Crippen LogP contribution in [-0.4, -0.2) is 50.8 Å². The van der Waals surface area contributed by atoms with E-state index in [1.807, 2.05) is 6.08 Å². The molecule has 0 atom stereocenters. The summed E-state index contributed by atoms with van der Waals surface area (Å²) in [6.07, 6.45) is 4.14. The van der Waals surface area contributed by atoms with E-state index in [-0.39, 0.29) is 5.97 Å². The molecular formula is C14H27NO3. The molecular weight excluding hydrogens is 230 g/mol. The lowest BCUT2D eigenvalue weighted by molar-refractivity contribution is -0.136. The van der Waals surface area contributed by atoms with Crippen molar-refractivity contribution in [1.29, 1.82) is 0 Å². The fraction of sp³-hybridized carbons (Fsp3) is 0.786. The average Bonchev–Trinajstić information content (AvgIpc) is 2.40. The molecule has 0 rings (SSSR count). The summed E-state index contributed by atoms with van der Waals surface area (Å²) in [7, 11) is 3.11. The smallest absolute Gasteiger partial charge is 0.333 e. The molecule has 0 saturated carbocycles. The quantitative estimate of drug-likeness (QED) is 0.469. The molecule has 0 aliphatic carbocycles. The molecule has 0 saturated heterocycles. The van der Waals surface area contributed by atoms with Crippen LogP contribution >= 0.6 is 0 Å². The summed E-state index contributed by atoms with van der Waals surface area (Å²) in [6.45, 7) is 8.51. The topological polar surface area (TPSA) is 38.8 Å². The van der Waals surface area contributed by atoms with Gasteiger partial charge in [-0.15, -0.1) is 0 Å². The van der Waals surface area contributed by atoms with Crippen LogP contribution in [-0.2, 0) is 14.3 Å². The molecule has 18 heavy (non-hydrogen) atoms. The zero-order valence-electron chi connectivity index (χ0n) is 12.4. The van der Waals surface area contributed by atoms with Crippen molar-refractivity contribution in [2.75, 3.05) is 33.9 Å². The first-order chi connectivity index (χ1) is 8.60. The molecule has 0 heterocycles. The number of rotatable bonds is 9. The Labute approximate surface area is 111 Å². The minimum absolute atomic E-state index is 0.258. The van der Waals surface area contributed by atoms with Crippen LogP contribution in [0.2, 0.25) is 0 Å². The van der Waals surface area contributed by atoms with Crippen molar-refractivity contribution in [3.63, 3.8) is 0 Å². The van der Waals surface area contributed by atoms with Crippen LogP contribution in [0.25, 0.3) is 0 Å². The molecule has 0 aromatic rings. The predicted octanol–water partition coefficient (Wildman–Crippen LogP) is 2.24. The maximum Gasteiger partial charge on any atom is 0.333 e. The van der Waals surface area contributed by atoms with Crippen LogP contribution in [0.4, 0.5) is 0 Å². The molecule has 0 aliphatic rings. The first-order valence-electron chi connectivity index (χ1n) is 6.58. The van der Waals surface area contributed by atoms with E-state index in [2.05, 4.69) is 23.5 Å². The fourth-order valence-corrected chi connectivity index (χ4v) is 1.94. The Morgan fingerprint density at radius 2 is 1.89 bits per heavy atom. The Morgan fingerprint density at radius 1 is 1.28 bits per heavy atom. The van der Waals surface area contributed by atoms with Crippen molar-refractivity contribution >= 4 is 5.97 Å². The van der Waals surface area contributed by atoms with Gasteiger partial charge in [-0.3, -0.25) is 4.90 Å². The zero-order chi connectivity index (χ0) is 14.0. The molecule has 0 bridgehead atoms. The van der Waals surface area contributed by atoms with E-state index < -0.39 is 0 Å². The molecule has 0 aromatic heterocycles. The molecule has 0 amide bonds. The van der Waals surface area contributed by atoms with Crippen LogP contribution in [0.5, 0.6) is 0 Å². The number of hydrogen-bond acceptors (Lipinski definition) is 4. The second kappa shape index (κ2) is 10.1. The number of hydrogen-bond donors (Lipinski definition) is 0. The zero-order valence-corrected chi connectivity index (χ0v) is 12.4. The predicted molar refractivity (Wildman–Crippen MR) is 73.6 cm³/mol. The Morgan fingerprint density at radius 3 is 2.33 bits per heavy atom. The van der Waals surface area contributed by atoms with Gasteiger partial charge in [-0.1, -0.05) is 19.9 Å².